The van der Waals surface area contributed by atoms with Crippen LogP contribution in [-0.2, 0) is 17.9 Å². The van der Waals surface area contributed by atoms with E-state index in [1.165, 1.54) is 19.3 Å². The zero-order valence-electron chi connectivity index (χ0n) is 16.4. The van der Waals surface area contributed by atoms with Crippen LogP contribution in [0.3, 0.4) is 0 Å². The van der Waals surface area contributed by atoms with Gasteiger partial charge in [0.15, 0.2) is 0 Å². The summed E-state index contributed by atoms with van der Waals surface area (Å²) in [6, 6.07) is 13.5. The fourth-order valence-electron chi connectivity index (χ4n) is 4.19. The van der Waals surface area contributed by atoms with E-state index in [1.54, 1.807) is 12.1 Å². The second kappa shape index (κ2) is 9.38. The van der Waals surface area contributed by atoms with Crippen LogP contribution in [0.5, 0.6) is 5.75 Å². The van der Waals surface area contributed by atoms with Gasteiger partial charge in [-0.1, -0.05) is 60.0 Å². The first-order valence-corrected chi connectivity index (χ1v) is 11.0. The molecule has 0 N–H and O–H groups in total. The van der Waals surface area contributed by atoms with E-state index in [0.717, 1.165) is 37.2 Å². The third-order valence-electron chi connectivity index (χ3n) is 5.81. The number of hydrogen-bond donors (Lipinski definition) is 0. The fraction of sp³-hybridized carbons (Fsp3) is 0.435. The molecule has 4 rings (SSSR count). The summed E-state index contributed by atoms with van der Waals surface area (Å²) in [5.74, 6) is 0.829. The minimum atomic E-state index is 0.0151. The van der Waals surface area contributed by atoms with Gasteiger partial charge < -0.3 is 9.64 Å². The predicted molar refractivity (Wildman–Crippen MR) is 116 cm³/mol. The summed E-state index contributed by atoms with van der Waals surface area (Å²) >= 11 is 13.0. The van der Waals surface area contributed by atoms with E-state index < -0.39 is 0 Å². The van der Waals surface area contributed by atoms with E-state index in [-0.39, 0.29) is 11.9 Å². The van der Waals surface area contributed by atoms with Gasteiger partial charge in [-0.25, -0.2) is 0 Å². The molecule has 0 spiro atoms. The molecule has 0 aromatic heterocycles. The molecule has 2 aromatic carbocycles. The average Bonchev–Trinajstić information content (AvgIpc) is 3.11. The standard InChI is InChI=1S/C23H26Cl2N2O2/c24-20-13-18(29-16-17-7-3-1-4-8-17)14-21(25)19(20)15-27-12-9-22(23(27)28)26-10-5-2-6-11-26/h1,3-4,7-8,13-14,22H,2,5-6,9-12,15-16H2. The topological polar surface area (TPSA) is 32.8 Å². The maximum Gasteiger partial charge on any atom is 0.240 e. The van der Waals surface area contributed by atoms with E-state index in [1.807, 2.05) is 35.2 Å². The number of benzene rings is 2. The van der Waals surface area contributed by atoms with Crippen LogP contribution in [0.4, 0.5) is 0 Å². The van der Waals surface area contributed by atoms with E-state index >= 15 is 0 Å². The zero-order chi connectivity index (χ0) is 20.2. The van der Waals surface area contributed by atoms with Crippen molar-refractivity contribution < 1.29 is 9.53 Å². The molecule has 0 bridgehead atoms. The molecule has 0 saturated carbocycles. The molecule has 2 saturated heterocycles. The summed E-state index contributed by atoms with van der Waals surface area (Å²) in [6.45, 7) is 3.70. The van der Waals surface area contributed by atoms with Crippen molar-refractivity contribution in [3.63, 3.8) is 0 Å². The molecule has 1 unspecified atom stereocenters. The van der Waals surface area contributed by atoms with Gasteiger partial charge in [-0.05, 0) is 50.0 Å². The summed E-state index contributed by atoms with van der Waals surface area (Å²) in [4.78, 5) is 17.2. The zero-order valence-corrected chi connectivity index (χ0v) is 18.0. The van der Waals surface area contributed by atoms with Gasteiger partial charge >= 0.3 is 0 Å². The Kier molecular flexibility index (Phi) is 6.63. The van der Waals surface area contributed by atoms with E-state index in [9.17, 15) is 4.79 Å². The summed E-state index contributed by atoms with van der Waals surface area (Å²) in [6.07, 6.45) is 4.52. The van der Waals surface area contributed by atoms with Crippen molar-refractivity contribution in [2.24, 2.45) is 0 Å². The van der Waals surface area contributed by atoms with Gasteiger partial charge in [0, 0.05) is 18.7 Å². The molecule has 2 aliphatic rings. The molecule has 1 amide bonds. The highest BCUT2D eigenvalue weighted by Gasteiger charge is 2.36. The van der Waals surface area contributed by atoms with E-state index in [0.29, 0.717) is 28.9 Å². The second-order valence-corrected chi connectivity index (χ2v) is 8.62. The second-order valence-electron chi connectivity index (χ2n) is 7.80. The van der Waals surface area contributed by atoms with Crippen LogP contribution < -0.4 is 4.74 Å². The molecule has 2 aromatic rings. The van der Waals surface area contributed by atoms with Crippen molar-refractivity contribution in [1.82, 2.24) is 9.80 Å². The molecule has 2 aliphatic heterocycles. The number of likely N-dealkylation sites (tertiary alicyclic amines) is 2. The summed E-state index contributed by atoms with van der Waals surface area (Å²) < 4.78 is 5.84. The van der Waals surface area contributed by atoms with Gasteiger partial charge in [-0.15, -0.1) is 0 Å². The van der Waals surface area contributed by atoms with Crippen LogP contribution >= 0.6 is 23.2 Å². The molecule has 6 heteroatoms. The van der Waals surface area contributed by atoms with Crippen molar-refractivity contribution in [2.75, 3.05) is 19.6 Å². The van der Waals surface area contributed by atoms with Crippen molar-refractivity contribution in [3.05, 3.63) is 63.6 Å². The Morgan fingerprint density at radius 2 is 1.66 bits per heavy atom. The van der Waals surface area contributed by atoms with Crippen molar-refractivity contribution in [3.8, 4) is 5.75 Å². The van der Waals surface area contributed by atoms with Crippen molar-refractivity contribution in [2.45, 2.75) is 44.9 Å². The third-order valence-corrected chi connectivity index (χ3v) is 6.49. The van der Waals surface area contributed by atoms with Crippen molar-refractivity contribution >= 4 is 29.1 Å². The van der Waals surface area contributed by atoms with Crippen LogP contribution in [0.1, 0.15) is 36.8 Å². The van der Waals surface area contributed by atoms with Crippen LogP contribution in [0.15, 0.2) is 42.5 Å². The molecule has 1 atom stereocenters. The number of carbonyl (C=O) groups excluding carboxylic acids is 1. The van der Waals surface area contributed by atoms with Gasteiger partial charge in [-0.2, -0.15) is 0 Å². The Hall–Kier alpha value is -1.75. The number of carbonyl (C=O) groups is 1. The lowest BCUT2D eigenvalue weighted by Gasteiger charge is -2.31. The Morgan fingerprint density at radius 1 is 0.966 bits per heavy atom. The SMILES string of the molecule is O=C1C(N2CCCCC2)CCN1Cc1c(Cl)cc(OCc2ccccc2)cc1Cl. The molecule has 29 heavy (non-hydrogen) atoms. The smallest absolute Gasteiger partial charge is 0.240 e. The highest BCUT2D eigenvalue weighted by Crippen LogP contribution is 2.33. The first-order chi connectivity index (χ1) is 14.1. The van der Waals surface area contributed by atoms with E-state index in [4.69, 9.17) is 27.9 Å². The molecule has 2 heterocycles. The van der Waals surface area contributed by atoms with Crippen LogP contribution in [0.25, 0.3) is 0 Å². The summed E-state index contributed by atoms with van der Waals surface area (Å²) in [5, 5.41) is 1.07. The lowest BCUT2D eigenvalue weighted by Crippen LogP contribution is -2.44. The third kappa shape index (κ3) is 4.88. The number of rotatable bonds is 6. The van der Waals surface area contributed by atoms with Gasteiger partial charge in [0.1, 0.15) is 12.4 Å². The Morgan fingerprint density at radius 3 is 2.34 bits per heavy atom. The minimum absolute atomic E-state index is 0.0151. The Balaban J connectivity index is 1.40. The van der Waals surface area contributed by atoms with Gasteiger partial charge in [0.05, 0.1) is 16.1 Å². The molecular formula is C23H26Cl2N2O2. The Bertz CT molecular complexity index is 830. The summed E-state index contributed by atoms with van der Waals surface area (Å²) in [5.41, 5.74) is 1.86. The monoisotopic (exact) mass is 432 g/mol. The van der Waals surface area contributed by atoms with Gasteiger partial charge in [0.25, 0.3) is 0 Å². The maximum atomic E-state index is 12.9. The van der Waals surface area contributed by atoms with Gasteiger partial charge in [-0.3, -0.25) is 9.69 Å². The number of ether oxygens (including phenoxy) is 1. The highest BCUT2D eigenvalue weighted by molar-refractivity contribution is 6.36. The first-order valence-electron chi connectivity index (χ1n) is 10.3. The number of hydrogen-bond acceptors (Lipinski definition) is 3. The maximum absolute atomic E-state index is 12.9. The van der Waals surface area contributed by atoms with E-state index in [2.05, 4.69) is 4.90 Å². The highest BCUT2D eigenvalue weighted by atomic mass is 35.5. The van der Waals surface area contributed by atoms with Crippen molar-refractivity contribution in [1.29, 1.82) is 0 Å². The lowest BCUT2D eigenvalue weighted by molar-refractivity contribution is -0.132. The minimum Gasteiger partial charge on any atom is -0.489 e. The molecule has 154 valence electrons. The molecule has 2 fully saturated rings. The van der Waals surface area contributed by atoms with Crippen LogP contribution in [0.2, 0.25) is 10.0 Å². The normalized spacial score (nSPS) is 20.3. The quantitative estimate of drug-likeness (QED) is 0.631. The predicted octanol–water partition coefficient (Wildman–Crippen LogP) is 5.16. The Labute approximate surface area is 182 Å². The van der Waals surface area contributed by atoms with Crippen LogP contribution in [-0.4, -0.2) is 41.4 Å². The molecule has 0 radical (unpaired) electrons. The fourth-order valence-corrected chi connectivity index (χ4v) is 4.78. The molecular weight excluding hydrogens is 407 g/mol. The average molecular weight is 433 g/mol. The first kappa shape index (κ1) is 20.5. The van der Waals surface area contributed by atoms with Gasteiger partial charge in [0.2, 0.25) is 5.91 Å². The number of piperidine rings is 1. The number of amides is 1. The molecule has 4 nitrogen and oxygen atoms in total. The summed E-state index contributed by atoms with van der Waals surface area (Å²) in [7, 11) is 0. The largest absolute Gasteiger partial charge is 0.489 e. The van der Waals surface area contributed by atoms with Crippen LogP contribution in [0, 0.1) is 0 Å². The molecule has 0 aliphatic carbocycles. The number of nitrogens with zero attached hydrogens (tertiary/aromatic N) is 2. The number of halogens is 2. The lowest BCUT2D eigenvalue weighted by atomic mass is 10.1.